The van der Waals surface area contributed by atoms with E-state index in [9.17, 15) is 66.1 Å². The molecule has 0 saturated heterocycles. The van der Waals surface area contributed by atoms with Gasteiger partial charge in [-0.3, -0.25) is 0 Å². The highest BCUT2D eigenvalue weighted by atomic mass is 16.6. The lowest BCUT2D eigenvalue weighted by molar-refractivity contribution is -0.0187. The van der Waals surface area contributed by atoms with Gasteiger partial charge in [0.25, 0.3) is 0 Å². The summed E-state index contributed by atoms with van der Waals surface area (Å²) in [5.74, 6) is -9.40. The van der Waals surface area contributed by atoms with E-state index in [4.69, 9.17) is 14.2 Å². The largest absolute Gasteiger partial charge is 0.508 e. The highest BCUT2D eigenvalue weighted by Gasteiger charge is 2.42. The average molecular weight is 833 g/mol. The first-order valence-corrected chi connectivity index (χ1v) is 18.3. The Morgan fingerprint density at radius 1 is 0.557 bits per heavy atom. The third kappa shape index (κ3) is 6.29. The van der Waals surface area contributed by atoms with Crippen molar-refractivity contribution in [3.8, 4) is 85.9 Å². The molecule has 0 fully saturated rings. The van der Waals surface area contributed by atoms with Crippen LogP contribution in [0.1, 0.15) is 44.8 Å². The number of phenolic OH excluding ortho intramolecular Hbond substituents is 11. The number of aliphatic hydroxyl groups excluding tert-OH is 1. The van der Waals surface area contributed by atoms with E-state index in [1.165, 1.54) is 6.07 Å². The smallest absolute Gasteiger partial charge is 0.338 e. The highest BCUT2D eigenvalue weighted by Crippen LogP contribution is 2.56. The molecule has 61 heavy (non-hydrogen) atoms. The maximum absolute atomic E-state index is 13.8. The van der Waals surface area contributed by atoms with Gasteiger partial charge in [0.1, 0.15) is 46.1 Å². The van der Waals surface area contributed by atoms with Crippen LogP contribution in [0.25, 0.3) is 33.2 Å². The molecule has 6 aromatic carbocycles. The lowest BCUT2D eigenvalue weighted by atomic mass is 9.83. The third-order valence-electron chi connectivity index (χ3n) is 10.7. The Balaban J connectivity index is 1.31. The highest BCUT2D eigenvalue weighted by molar-refractivity contribution is 5.98. The predicted octanol–water partition coefficient (Wildman–Crippen LogP) is 5.15. The van der Waals surface area contributed by atoms with Gasteiger partial charge in [0.05, 0.1) is 28.2 Å². The van der Waals surface area contributed by atoms with E-state index in [0.29, 0.717) is 11.0 Å². The summed E-state index contributed by atoms with van der Waals surface area (Å²) in [6.45, 7) is 0. The van der Waals surface area contributed by atoms with E-state index < -0.39 is 105 Å². The second kappa shape index (κ2) is 13.9. The maximum atomic E-state index is 13.8. The van der Waals surface area contributed by atoms with Gasteiger partial charge in [0.15, 0.2) is 46.7 Å². The number of esters is 1. The van der Waals surface area contributed by atoms with E-state index in [1.54, 1.807) is 24.3 Å². The molecule has 0 bridgehead atoms. The number of fused-ring (bicyclic) bond motifs is 4. The lowest BCUT2D eigenvalue weighted by Crippen LogP contribution is -2.35. The summed E-state index contributed by atoms with van der Waals surface area (Å²) in [7, 11) is 0. The minimum Gasteiger partial charge on any atom is -0.508 e. The molecule has 18 heteroatoms. The Morgan fingerprint density at radius 2 is 1.10 bits per heavy atom. The number of phenols is 11. The zero-order valence-corrected chi connectivity index (χ0v) is 31.0. The molecule has 4 atom stereocenters. The number of carbonyl (C=O) groups excluding carboxylic acids is 1. The van der Waals surface area contributed by atoms with Gasteiger partial charge in [0, 0.05) is 70.5 Å². The minimum atomic E-state index is -1.61. The van der Waals surface area contributed by atoms with Crippen LogP contribution in [0.15, 0.2) is 72.8 Å². The number of para-hydroxylation sites is 2. The van der Waals surface area contributed by atoms with Crippen LogP contribution >= 0.6 is 0 Å². The van der Waals surface area contributed by atoms with Crippen LogP contribution in [-0.2, 0) is 17.6 Å². The van der Waals surface area contributed by atoms with E-state index in [2.05, 4.69) is 9.97 Å². The zero-order chi connectivity index (χ0) is 43.2. The Labute approximate surface area is 341 Å². The monoisotopic (exact) mass is 832 g/mol. The average Bonchev–Trinajstić information content (AvgIpc) is 3.21. The summed E-state index contributed by atoms with van der Waals surface area (Å²) >= 11 is 0. The van der Waals surface area contributed by atoms with Crippen LogP contribution in [0.2, 0.25) is 0 Å². The summed E-state index contributed by atoms with van der Waals surface area (Å²) in [6.07, 6.45) is -6.87. The molecule has 3 heterocycles. The fourth-order valence-corrected chi connectivity index (χ4v) is 7.87. The van der Waals surface area contributed by atoms with Crippen LogP contribution < -0.4 is 9.47 Å². The molecule has 0 radical (unpaired) electrons. The summed E-state index contributed by atoms with van der Waals surface area (Å²) in [4.78, 5) is 23.1. The van der Waals surface area contributed by atoms with Crippen molar-refractivity contribution in [1.29, 1.82) is 0 Å². The summed E-state index contributed by atoms with van der Waals surface area (Å²) in [5, 5.41) is 130. The molecular formula is C43H32N2O16. The number of ether oxygens (including phenoxy) is 3. The molecule has 310 valence electrons. The molecule has 2 aliphatic heterocycles. The normalized spacial score (nSPS) is 18.2. The van der Waals surface area contributed by atoms with Crippen molar-refractivity contribution >= 4 is 28.0 Å². The molecule has 12 N–H and O–H groups in total. The van der Waals surface area contributed by atoms with E-state index in [1.807, 2.05) is 0 Å². The van der Waals surface area contributed by atoms with Gasteiger partial charge in [-0.25, -0.2) is 14.8 Å². The second-order valence-corrected chi connectivity index (χ2v) is 14.6. The number of aromatic nitrogens is 2. The first-order chi connectivity index (χ1) is 29.1. The second-order valence-electron chi connectivity index (χ2n) is 14.6. The number of aliphatic hydroxyl groups is 1. The van der Waals surface area contributed by atoms with Gasteiger partial charge in [0.2, 0.25) is 5.75 Å². The number of hydrogen-bond donors (Lipinski definition) is 12. The molecule has 0 spiro atoms. The summed E-state index contributed by atoms with van der Waals surface area (Å²) in [6, 6.07) is 15.0. The van der Waals surface area contributed by atoms with Gasteiger partial charge in [-0.05, 0) is 36.4 Å². The molecule has 0 saturated carbocycles. The fraction of sp³-hybridized carbons (Fsp3) is 0.140. The maximum Gasteiger partial charge on any atom is 0.338 e. The predicted molar refractivity (Wildman–Crippen MR) is 209 cm³/mol. The van der Waals surface area contributed by atoms with Crippen LogP contribution in [0.3, 0.4) is 0 Å². The number of aromatic hydroxyl groups is 11. The van der Waals surface area contributed by atoms with Gasteiger partial charge >= 0.3 is 5.97 Å². The Bertz CT molecular complexity index is 2990. The molecule has 0 amide bonds. The molecule has 9 rings (SSSR count). The Kier molecular flexibility index (Phi) is 8.75. The SMILES string of the molecule is O=C(OC1Cc2c(O)cc(O)cc2OC1c1cc2nc3ccccc3nc2c(O)c1-c1c(C2Oc3cc(O)cc(O)c3CC2O)cc(O)c(O)c1O)c1cc(O)c(O)c(O)c1. The molecule has 4 unspecified atom stereocenters. The summed E-state index contributed by atoms with van der Waals surface area (Å²) in [5.41, 5.74) is -0.961. The molecule has 0 aliphatic carbocycles. The molecule has 7 aromatic rings. The number of carbonyl (C=O) groups is 1. The van der Waals surface area contributed by atoms with Crippen molar-refractivity contribution in [1.82, 2.24) is 9.97 Å². The Morgan fingerprint density at radius 3 is 1.74 bits per heavy atom. The number of hydrogen-bond acceptors (Lipinski definition) is 18. The minimum absolute atomic E-state index is 0.0272. The van der Waals surface area contributed by atoms with Crippen LogP contribution in [0.5, 0.6) is 74.7 Å². The van der Waals surface area contributed by atoms with Crippen LogP contribution in [0.4, 0.5) is 0 Å². The number of nitrogens with zero attached hydrogens (tertiary/aromatic N) is 2. The van der Waals surface area contributed by atoms with Crippen molar-refractivity contribution in [3.05, 3.63) is 101 Å². The van der Waals surface area contributed by atoms with Crippen molar-refractivity contribution in [2.24, 2.45) is 0 Å². The van der Waals surface area contributed by atoms with Gasteiger partial charge in [-0.2, -0.15) is 0 Å². The van der Waals surface area contributed by atoms with Gasteiger partial charge in [-0.15, -0.1) is 0 Å². The standard InChI is InChI=1S/C43H32N2O16/c46-16-7-25(48)18-12-30(53)41(59-31(18)9-16)21-13-29(52)38(55)40(57)35(21)34-20(11-24-36(39(34)56)45-23-4-2-1-3-22(23)44-24)42-33(14-19-26(49)8-17(47)10-32(19)60-42)61-43(58)15-5-27(50)37(54)28(51)6-15/h1-11,13,30,33,41-42,46-57H,12,14H2. The first-order valence-electron chi connectivity index (χ1n) is 18.3. The fourth-order valence-electron chi connectivity index (χ4n) is 7.87. The number of rotatable bonds is 5. The zero-order valence-electron chi connectivity index (χ0n) is 31.0. The van der Waals surface area contributed by atoms with Crippen molar-refractivity contribution in [3.63, 3.8) is 0 Å². The third-order valence-corrected chi connectivity index (χ3v) is 10.7. The molecule has 1 aromatic heterocycles. The van der Waals surface area contributed by atoms with Crippen molar-refractivity contribution in [2.45, 2.75) is 37.3 Å². The number of benzene rings is 6. The lowest BCUT2D eigenvalue weighted by Gasteiger charge is -2.36. The van der Waals surface area contributed by atoms with Crippen molar-refractivity contribution in [2.75, 3.05) is 0 Å². The van der Waals surface area contributed by atoms with E-state index >= 15 is 0 Å². The topological polar surface area (TPSA) is 313 Å². The molecule has 2 aliphatic rings. The quantitative estimate of drug-likeness (QED) is 0.0606. The first kappa shape index (κ1) is 38.3. The van der Waals surface area contributed by atoms with Crippen molar-refractivity contribution < 1.29 is 80.3 Å². The summed E-state index contributed by atoms with van der Waals surface area (Å²) < 4.78 is 18.4. The van der Waals surface area contributed by atoms with E-state index in [-0.39, 0.29) is 63.2 Å². The van der Waals surface area contributed by atoms with E-state index in [0.717, 1.165) is 42.5 Å². The van der Waals surface area contributed by atoms with Crippen LogP contribution in [0, 0.1) is 0 Å². The molecule has 18 nitrogen and oxygen atoms in total. The molecular weight excluding hydrogens is 800 g/mol. The van der Waals surface area contributed by atoms with Crippen LogP contribution in [-0.4, -0.2) is 89.4 Å². The van der Waals surface area contributed by atoms with Gasteiger partial charge in [-0.1, -0.05) is 12.1 Å². The Hall–Kier alpha value is -8.25. The van der Waals surface area contributed by atoms with Gasteiger partial charge < -0.3 is 75.5 Å².